The Morgan fingerprint density at radius 1 is 1.00 bits per heavy atom. The number of benzene rings is 2. The average Bonchev–Trinajstić information content (AvgIpc) is 3.16. The van der Waals surface area contributed by atoms with E-state index in [9.17, 15) is 22.8 Å². The normalized spacial score (nSPS) is 22.0. The molecule has 2 aliphatic rings. The number of fused-ring (bicyclic) bond motifs is 1. The van der Waals surface area contributed by atoms with E-state index in [4.69, 9.17) is 0 Å². The molecule has 1 fully saturated rings. The van der Waals surface area contributed by atoms with E-state index in [1.807, 2.05) is 0 Å². The summed E-state index contributed by atoms with van der Waals surface area (Å²) >= 11 is 1.31. The smallest absolute Gasteiger partial charge is 0.312 e. The molecular weight excluding hydrogens is 389 g/mol. The minimum absolute atomic E-state index is 0.0224. The van der Waals surface area contributed by atoms with E-state index in [0.29, 0.717) is 11.3 Å². The van der Waals surface area contributed by atoms with Crippen LogP contribution in [0.15, 0.2) is 66.1 Å². The van der Waals surface area contributed by atoms with Crippen LogP contribution >= 0.6 is 11.8 Å². The number of urea groups is 1. The molecule has 4 nitrogen and oxygen atoms in total. The van der Waals surface area contributed by atoms with Gasteiger partial charge in [0.25, 0.3) is 5.91 Å². The van der Waals surface area contributed by atoms with Crippen molar-refractivity contribution in [2.75, 3.05) is 4.90 Å². The van der Waals surface area contributed by atoms with Gasteiger partial charge in [-0.2, -0.15) is 13.2 Å². The van der Waals surface area contributed by atoms with Crippen molar-refractivity contribution in [3.05, 3.63) is 77.2 Å². The number of carbonyl (C=O) groups excluding carboxylic acids is 2. The van der Waals surface area contributed by atoms with Crippen molar-refractivity contribution in [2.45, 2.75) is 24.0 Å². The van der Waals surface area contributed by atoms with Crippen LogP contribution in [-0.4, -0.2) is 28.1 Å². The highest BCUT2D eigenvalue weighted by molar-refractivity contribution is 8.03. The molecule has 8 heteroatoms. The van der Waals surface area contributed by atoms with E-state index in [1.165, 1.54) is 22.7 Å². The maximum Gasteiger partial charge on any atom is 0.416 e. The second-order valence-electron chi connectivity index (χ2n) is 6.49. The van der Waals surface area contributed by atoms with Crippen molar-refractivity contribution in [1.82, 2.24) is 4.90 Å². The first-order valence-corrected chi connectivity index (χ1v) is 9.48. The number of alkyl halides is 3. The van der Waals surface area contributed by atoms with Crippen molar-refractivity contribution in [2.24, 2.45) is 0 Å². The number of amides is 3. The molecule has 2 heterocycles. The van der Waals surface area contributed by atoms with Gasteiger partial charge in [0.1, 0.15) is 5.25 Å². The molecule has 4 rings (SSSR count). The van der Waals surface area contributed by atoms with Crippen LogP contribution in [0.2, 0.25) is 0 Å². The second-order valence-corrected chi connectivity index (χ2v) is 7.55. The fraction of sp³-hybridized carbons (Fsp3) is 0.200. The standard InChI is InChI=1S/C20H15F3N2O2S/c21-20(22,23)14-6-4-5-13(11-14)12-24-16-9-10-28-17(16)18(26)25(19(24)27)15-7-2-1-3-8-15/h1-11,16-17H,12H2. The maximum atomic E-state index is 13.1. The van der Waals surface area contributed by atoms with E-state index in [1.54, 1.807) is 47.9 Å². The molecule has 0 bridgehead atoms. The van der Waals surface area contributed by atoms with Gasteiger partial charge in [0.15, 0.2) is 0 Å². The first-order valence-electron chi connectivity index (χ1n) is 8.54. The van der Waals surface area contributed by atoms with Crippen LogP contribution in [0.3, 0.4) is 0 Å². The van der Waals surface area contributed by atoms with E-state index in [-0.39, 0.29) is 12.5 Å². The lowest BCUT2D eigenvalue weighted by Gasteiger charge is -2.41. The van der Waals surface area contributed by atoms with E-state index >= 15 is 0 Å². The molecule has 2 aromatic rings. The van der Waals surface area contributed by atoms with Crippen molar-refractivity contribution in [3.63, 3.8) is 0 Å². The molecule has 0 saturated carbocycles. The van der Waals surface area contributed by atoms with Crippen molar-refractivity contribution in [3.8, 4) is 0 Å². The highest BCUT2D eigenvalue weighted by Crippen LogP contribution is 2.37. The summed E-state index contributed by atoms with van der Waals surface area (Å²) in [5, 5.41) is 1.25. The summed E-state index contributed by atoms with van der Waals surface area (Å²) in [6.07, 6.45) is -2.71. The molecule has 0 spiro atoms. The lowest BCUT2D eigenvalue weighted by molar-refractivity contribution is -0.137. The molecule has 28 heavy (non-hydrogen) atoms. The predicted octanol–water partition coefficient (Wildman–Crippen LogP) is 4.67. The van der Waals surface area contributed by atoms with E-state index in [0.717, 1.165) is 17.0 Å². The molecule has 2 aliphatic heterocycles. The Kier molecular flexibility index (Phi) is 4.66. The summed E-state index contributed by atoms with van der Waals surface area (Å²) in [7, 11) is 0. The molecule has 0 radical (unpaired) electrons. The van der Waals surface area contributed by atoms with Gasteiger partial charge in [-0.3, -0.25) is 4.79 Å². The Morgan fingerprint density at radius 3 is 2.46 bits per heavy atom. The fourth-order valence-electron chi connectivity index (χ4n) is 3.37. The molecule has 1 saturated heterocycles. The number of thioether (sulfide) groups is 1. The van der Waals surface area contributed by atoms with Crippen LogP contribution in [0.5, 0.6) is 0 Å². The number of para-hydroxylation sites is 1. The summed E-state index contributed by atoms with van der Waals surface area (Å²) in [5.74, 6) is -0.323. The van der Waals surface area contributed by atoms with Gasteiger partial charge in [0.05, 0.1) is 17.3 Å². The molecule has 0 aliphatic carbocycles. The maximum absolute atomic E-state index is 13.1. The Bertz CT molecular complexity index is 946. The first kappa shape index (κ1) is 18.6. The summed E-state index contributed by atoms with van der Waals surface area (Å²) in [5.41, 5.74) is 0.0328. The monoisotopic (exact) mass is 404 g/mol. The Labute approximate surface area is 163 Å². The quantitative estimate of drug-likeness (QED) is 0.746. The van der Waals surface area contributed by atoms with Crippen LogP contribution in [0.25, 0.3) is 0 Å². The van der Waals surface area contributed by atoms with Crippen molar-refractivity contribution in [1.29, 1.82) is 0 Å². The lowest BCUT2D eigenvalue weighted by Crippen LogP contribution is -2.61. The van der Waals surface area contributed by atoms with Crippen LogP contribution in [0.4, 0.5) is 23.7 Å². The summed E-state index contributed by atoms with van der Waals surface area (Å²) < 4.78 is 39.1. The van der Waals surface area contributed by atoms with Crippen LogP contribution < -0.4 is 4.90 Å². The zero-order chi connectivity index (χ0) is 19.9. The number of halogens is 3. The van der Waals surface area contributed by atoms with Gasteiger partial charge in [-0.1, -0.05) is 36.4 Å². The number of carbonyl (C=O) groups is 2. The zero-order valence-corrected chi connectivity index (χ0v) is 15.3. The van der Waals surface area contributed by atoms with Gasteiger partial charge >= 0.3 is 12.2 Å². The minimum atomic E-state index is -4.46. The van der Waals surface area contributed by atoms with Crippen LogP contribution in [-0.2, 0) is 17.5 Å². The summed E-state index contributed by atoms with van der Waals surface area (Å²) in [4.78, 5) is 28.6. The number of hydrogen-bond acceptors (Lipinski definition) is 3. The van der Waals surface area contributed by atoms with E-state index < -0.39 is 29.1 Å². The minimum Gasteiger partial charge on any atom is -0.312 e. The molecule has 3 amide bonds. The molecular formula is C20H15F3N2O2S. The average molecular weight is 404 g/mol. The molecule has 144 valence electrons. The SMILES string of the molecule is O=C1C2SC=CC2N(Cc2cccc(C(F)(F)F)c2)C(=O)N1c1ccccc1. The number of anilines is 1. The third-order valence-corrected chi connectivity index (χ3v) is 5.78. The number of imide groups is 1. The highest BCUT2D eigenvalue weighted by Gasteiger charge is 2.47. The number of hydrogen-bond donors (Lipinski definition) is 0. The highest BCUT2D eigenvalue weighted by atomic mass is 32.2. The van der Waals surface area contributed by atoms with Crippen molar-refractivity contribution >= 4 is 29.4 Å². The largest absolute Gasteiger partial charge is 0.416 e. The Morgan fingerprint density at radius 2 is 1.75 bits per heavy atom. The first-order chi connectivity index (χ1) is 13.4. The van der Waals surface area contributed by atoms with Gasteiger partial charge < -0.3 is 4.90 Å². The van der Waals surface area contributed by atoms with Crippen molar-refractivity contribution < 1.29 is 22.8 Å². The third-order valence-electron chi connectivity index (χ3n) is 4.69. The number of rotatable bonds is 3. The lowest BCUT2D eigenvalue weighted by atomic mass is 10.0. The van der Waals surface area contributed by atoms with Crippen LogP contribution in [0, 0.1) is 0 Å². The fourth-order valence-corrected chi connectivity index (χ4v) is 4.41. The van der Waals surface area contributed by atoms with Crippen LogP contribution in [0.1, 0.15) is 11.1 Å². The van der Waals surface area contributed by atoms with Gasteiger partial charge in [0.2, 0.25) is 0 Å². The summed E-state index contributed by atoms with van der Waals surface area (Å²) in [6, 6.07) is 12.4. The third kappa shape index (κ3) is 3.28. The topological polar surface area (TPSA) is 40.6 Å². The molecule has 2 aromatic carbocycles. The van der Waals surface area contributed by atoms with Gasteiger partial charge in [-0.15, -0.1) is 11.8 Å². The number of nitrogens with zero attached hydrogens (tertiary/aromatic N) is 2. The van der Waals surface area contributed by atoms with E-state index in [2.05, 4.69) is 0 Å². The molecule has 0 N–H and O–H groups in total. The zero-order valence-electron chi connectivity index (χ0n) is 14.5. The second kappa shape index (κ2) is 7.01. The molecule has 2 unspecified atom stereocenters. The molecule has 2 atom stereocenters. The Balaban J connectivity index is 1.68. The van der Waals surface area contributed by atoms with Gasteiger partial charge in [-0.25, -0.2) is 9.69 Å². The van der Waals surface area contributed by atoms with Gasteiger partial charge in [0, 0.05) is 6.54 Å². The predicted molar refractivity (Wildman–Crippen MR) is 101 cm³/mol. The summed E-state index contributed by atoms with van der Waals surface area (Å²) in [6.45, 7) is -0.0224. The molecule has 0 aromatic heterocycles. The van der Waals surface area contributed by atoms with Gasteiger partial charge in [-0.05, 0) is 35.2 Å². The Hall–Kier alpha value is -2.74.